The van der Waals surface area contributed by atoms with Gasteiger partial charge in [0, 0.05) is 22.3 Å². The molecular formula is C26H30BrN5O2S. The summed E-state index contributed by atoms with van der Waals surface area (Å²) in [4.78, 5) is 25.4. The Bertz CT molecular complexity index is 1220. The van der Waals surface area contributed by atoms with Crippen LogP contribution in [-0.4, -0.2) is 32.3 Å². The van der Waals surface area contributed by atoms with Crippen LogP contribution in [0.4, 0.5) is 5.69 Å². The molecule has 0 bridgehead atoms. The van der Waals surface area contributed by atoms with Gasteiger partial charge < -0.3 is 15.2 Å². The molecule has 1 aromatic heterocycles. The number of aromatic nitrogens is 3. The molecule has 3 aromatic rings. The van der Waals surface area contributed by atoms with Gasteiger partial charge in [0.2, 0.25) is 5.91 Å². The lowest BCUT2D eigenvalue weighted by molar-refractivity contribution is -0.113. The molecule has 0 radical (unpaired) electrons. The van der Waals surface area contributed by atoms with E-state index in [4.69, 9.17) is 0 Å². The Balaban J connectivity index is 1.69. The third-order valence-corrected chi connectivity index (χ3v) is 6.77. The number of anilines is 1. The quantitative estimate of drug-likeness (QED) is 0.241. The van der Waals surface area contributed by atoms with E-state index in [1.807, 2.05) is 54.8 Å². The van der Waals surface area contributed by atoms with Gasteiger partial charge in [-0.25, -0.2) is 0 Å². The first kappa shape index (κ1) is 26.7. The molecule has 0 fully saturated rings. The molecule has 7 nitrogen and oxygen atoms in total. The highest BCUT2D eigenvalue weighted by Crippen LogP contribution is 2.28. The first-order chi connectivity index (χ1) is 16.7. The Labute approximate surface area is 218 Å². The molecule has 2 aromatic carbocycles. The second-order valence-electron chi connectivity index (χ2n) is 8.53. The summed E-state index contributed by atoms with van der Waals surface area (Å²) in [5, 5.41) is 15.2. The van der Waals surface area contributed by atoms with Crippen molar-refractivity contribution < 1.29 is 9.59 Å². The molecule has 0 saturated heterocycles. The van der Waals surface area contributed by atoms with Crippen molar-refractivity contribution in [2.45, 2.75) is 51.4 Å². The fourth-order valence-corrected chi connectivity index (χ4v) is 4.73. The normalized spacial score (nSPS) is 11.8. The topological polar surface area (TPSA) is 88.9 Å². The smallest absolute Gasteiger partial charge is 0.251 e. The minimum Gasteiger partial charge on any atom is -0.342 e. The number of nitrogens with zero attached hydrogens (tertiary/aromatic N) is 3. The van der Waals surface area contributed by atoms with Crippen molar-refractivity contribution in [3.8, 4) is 0 Å². The van der Waals surface area contributed by atoms with Gasteiger partial charge in [-0.15, -0.1) is 16.8 Å². The molecule has 2 amide bonds. The lowest BCUT2D eigenvalue weighted by Gasteiger charge is -2.16. The molecule has 0 aliphatic carbocycles. The van der Waals surface area contributed by atoms with Gasteiger partial charge in [-0.05, 0) is 55.7 Å². The van der Waals surface area contributed by atoms with Gasteiger partial charge in [-0.1, -0.05) is 65.3 Å². The number of hydrogen-bond acceptors (Lipinski definition) is 5. The molecule has 0 aliphatic rings. The summed E-state index contributed by atoms with van der Waals surface area (Å²) in [6, 6.07) is 12.9. The van der Waals surface area contributed by atoms with E-state index in [-0.39, 0.29) is 29.5 Å². The van der Waals surface area contributed by atoms with Gasteiger partial charge >= 0.3 is 0 Å². The maximum Gasteiger partial charge on any atom is 0.251 e. The average Bonchev–Trinajstić information content (AvgIpc) is 3.21. The van der Waals surface area contributed by atoms with Crippen LogP contribution in [0.15, 0.2) is 64.7 Å². The van der Waals surface area contributed by atoms with Crippen molar-refractivity contribution >= 4 is 45.2 Å². The van der Waals surface area contributed by atoms with E-state index in [9.17, 15) is 9.59 Å². The Morgan fingerprint density at radius 1 is 1.17 bits per heavy atom. The number of amides is 2. The Morgan fingerprint density at radius 2 is 1.94 bits per heavy atom. The van der Waals surface area contributed by atoms with Crippen molar-refractivity contribution in [2.24, 2.45) is 0 Å². The van der Waals surface area contributed by atoms with Crippen LogP contribution >= 0.6 is 27.7 Å². The van der Waals surface area contributed by atoms with E-state index < -0.39 is 0 Å². The number of thioether (sulfide) groups is 1. The highest BCUT2D eigenvalue weighted by molar-refractivity contribution is 9.10. The summed E-state index contributed by atoms with van der Waals surface area (Å²) in [7, 11) is 0. The number of carbonyl (C=O) groups is 2. The number of benzene rings is 2. The number of nitrogens with one attached hydrogen (secondary N) is 2. The van der Waals surface area contributed by atoms with Gasteiger partial charge in [0.15, 0.2) is 11.0 Å². The molecule has 1 heterocycles. The summed E-state index contributed by atoms with van der Waals surface area (Å²) >= 11 is 4.79. The first-order valence-corrected chi connectivity index (χ1v) is 13.1. The van der Waals surface area contributed by atoms with Crippen molar-refractivity contribution in [2.75, 3.05) is 11.1 Å². The fraction of sp³-hybridized carbons (Fsp3) is 0.308. The second-order valence-corrected chi connectivity index (χ2v) is 10.4. The minimum atomic E-state index is -0.380. The molecule has 9 heteroatoms. The number of hydrogen-bond donors (Lipinski definition) is 2. The minimum absolute atomic E-state index is 0.130. The largest absolute Gasteiger partial charge is 0.342 e. The number of allylic oxidation sites excluding steroid dienone is 1. The summed E-state index contributed by atoms with van der Waals surface area (Å²) in [5.41, 5.74) is 3.47. The highest BCUT2D eigenvalue weighted by Gasteiger charge is 2.21. The van der Waals surface area contributed by atoms with Crippen LogP contribution in [0, 0.1) is 6.92 Å². The van der Waals surface area contributed by atoms with Crippen molar-refractivity contribution in [1.29, 1.82) is 0 Å². The van der Waals surface area contributed by atoms with Gasteiger partial charge in [0.25, 0.3) is 5.91 Å². The SMILES string of the molecule is C=CCn1c(SCC(=O)Nc2ccc(Br)cc2C(C)C)nnc1[C@H](C)NC(=O)c1cccc(C)c1. The summed E-state index contributed by atoms with van der Waals surface area (Å²) in [6.45, 7) is 12.3. The third kappa shape index (κ3) is 7.05. The maximum absolute atomic E-state index is 12.7. The Morgan fingerprint density at radius 3 is 2.63 bits per heavy atom. The van der Waals surface area contributed by atoms with Gasteiger partial charge in [0.05, 0.1) is 11.8 Å². The van der Waals surface area contributed by atoms with Crippen molar-refractivity contribution in [3.63, 3.8) is 0 Å². The van der Waals surface area contributed by atoms with Gasteiger partial charge in [0.1, 0.15) is 0 Å². The molecule has 0 spiro atoms. The predicted molar refractivity (Wildman–Crippen MR) is 145 cm³/mol. The van der Waals surface area contributed by atoms with Crippen molar-refractivity contribution in [1.82, 2.24) is 20.1 Å². The Hall–Kier alpha value is -2.91. The summed E-state index contributed by atoms with van der Waals surface area (Å²) < 4.78 is 2.84. The van der Waals surface area contributed by atoms with Gasteiger partial charge in [-0.3, -0.25) is 9.59 Å². The zero-order valence-electron chi connectivity index (χ0n) is 20.3. The summed E-state index contributed by atoms with van der Waals surface area (Å²) in [6.07, 6.45) is 1.74. The molecule has 35 heavy (non-hydrogen) atoms. The van der Waals surface area contributed by atoms with E-state index >= 15 is 0 Å². The van der Waals surface area contributed by atoms with Crippen LogP contribution in [0.5, 0.6) is 0 Å². The zero-order valence-corrected chi connectivity index (χ0v) is 22.7. The number of rotatable bonds is 10. The number of aryl methyl sites for hydroxylation is 1. The molecule has 0 unspecified atom stereocenters. The summed E-state index contributed by atoms with van der Waals surface area (Å²) in [5.74, 6) is 0.731. The Kier molecular flexibility index (Phi) is 9.28. The third-order valence-electron chi connectivity index (χ3n) is 5.31. The zero-order chi connectivity index (χ0) is 25.5. The number of carbonyl (C=O) groups excluding carboxylic acids is 2. The van der Waals surface area contributed by atoms with Crippen LogP contribution in [0.1, 0.15) is 60.0 Å². The highest BCUT2D eigenvalue weighted by atomic mass is 79.9. The standard InChI is InChI=1S/C26H30BrN5O2S/c1-6-12-32-24(18(5)28-25(34)19-9-7-8-17(4)13-19)30-31-26(32)35-15-23(33)29-22-11-10-20(27)14-21(22)16(2)3/h6-11,13-14,16,18H,1,12,15H2,2-5H3,(H,28,34)(H,29,33)/t18-/m0/s1. The van der Waals surface area contributed by atoms with Crippen LogP contribution in [-0.2, 0) is 11.3 Å². The number of halogens is 1. The fourth-order valence-electron chi connectivity index (χ4n) is 3.60. The second kappa shape index (κ2) is 12.2. The van der Waals surface area contributed by atoms with E-state index in [0.29, 0.717) is 23.1 Å². The van der Waals surface area contributed by atoms with Crippen LogP contribution in [0.3, 0.4) is 0 Å². The van der Waals surface area contributed by atoms with E-state index in [2.05, 4.69) is 57.2 Å². The molecule has 2 N–H and O–H groups in total. The monoisotopic (exact) mass is 555 g/mol. The van der Waals surface area contributed by atoms with E-state index in [1.165, 1.54) is 11.8 Å². The average molecular weight is 557 g/mol. The van der Waals surface area contributed by atoms with Gasteiger partial charge in [-0.2, -0.15) is 0 Å². The van der Waals surface area contributed by atoms with E-state index in [1.54, 1.807) is 12.1 Å². The molecular weight excluding hydrogens is 526 g/mol. The maximum atomic E-state index is 12.7. The molecule has 1 atom stereocenters. The molecule has 3 rings (SSSR count). The van der Waals surface area contributed by atoms with Crippen LogP contribution in [0.2, 0.25) is 0 Å². The van der Waals surface area contributed by atoms with E-state index in [0.717, 1.165) is 21.3 Å². The lowest BCUT2D eigenvalue weighted by Crippen LogP contribution is -2.29. The predicted octanol–water partition coefficient (Wildman–Crippen LogP) is 5.88. The molecule has 0 aliphatic heterocycles. The van der Waals surface area contributed by atoms with Crippen LogP contribution in [0.25, 0.3) is 0 Å². The molecule has 184 valence electrons. The van der Waals surface area contributed by atoms with Crippen molar-refractivity contribution in [3.05, 3.63) is 82.1 Å². The van der Waals surface area contributed by atoms with Crippen LogP contribution < -0.4 is 10.6 Å². The molecule has 0 saturated carbocycles. The first-order valence-electron chi connectivity index (χ1n) is 11.3. The lowest BCUT2D eigenvalue weighted by atomic mass is 10.0.